The number of hydrogen-bond donors (Lipinski definition) is 3. The van der Waals surface area contributed by atoms with Gasteiger partial charge >= 0.3 is 0 Å². The highest BCUT2D eigenvalue weighted by molar-refractivity contribution is 6.17. The summed E-state index contributed by atoms with van der Waals surface area (Å²) >= 11 is 0. The molecule has 3 aliphatic rings. The number of nitrogens with one attached hydrogen (secondary N) is 3. The molecular weight excluding hydrogens is 528 g/mol. The van der Waals surface area contributed by atoms with Gasteiger partial charge in [0.2, 0.25) is 5.88 Å². The van der Waals surface area contributed by atoms with Crippen LogP contribution in [0.1, 0.15) is 29.2 Å². The summed E-state index contributed by atoms with van der Waals surface area (Å²) in [4.78, 5) is 18.9. The summed E-state index contributed by atoms with van der Waals surface area (Å²) in [7, 11) is 1.63. The Kier molecular flexibility index (Phi) is 8.07. The average Bonchev–Trinajstić information content (AvgIpc) is 3.49. The molecule has 11 heteroatoms. The van der Waals surface area contributed by atoms with Crippen LogP contribution in [0.2, 0.25) is 0 Å². The molecule has 3 aliphatic heterocycles. The topological polar surface area (TPSA) is 120 Å². The number of methoxy groups -OCH3 is 1. The second-order valence-corrected chi connectivity index (χ2v) is 10.5. The lowest BCUT2D eigenvalue weighted by Crippen LogP contribution is -2.46. The van der Waals surface area contributed by atoms with Gasteiger partial charge in [0.15, 0.2) is 0 Å². The molecule has 11 nitrogen and oxygen atoms in total. The molecule has 0 amide bonds. The summed E-state index contributed by atoms with van der Waals surface area (Å²) in [5.41, 5.74) is 5.83. The molecule has 0 aromatic carbocycles. The molecule has 0 radical (unpaired) electrons. The van der Waals surface area contributed by atoms with Crippen molar-refractivity contribution in [2.24, 2.45) is 4.99 Å². The Morgan fingerprint density at radius 2 is 1.95 bits per heavy atom. The molecule has 42 heavy (non-hydrogen) atoms. The number of aliphatic imine (C=N–C) groups is 1. The van der Waals surface area contributed by atoms with Crippen molar-refractivity contribution in [1.29, 1.82) is 5.41 Å². The SMILES string of the molecule is C#CC/C(C=N)=C1/NC=C(c2cnn(C3CNC3)c2)N=C1c1ccc(N2CCN(Cc3ccc(OC)nc3)CC2)nc1. The molecule has 0 aliphatic carbocycles. The van der Waals surface area contributed by atoms with Gasteiger partial charge in [-0.15, -0.1) is 12.3 Å². The minimum atomic E-state index is 0.322. The van der Waals surface area contributed by atoms with Gasteiger partial charge in [0.05, 0.1) is 36.5 Å². The van der Waals surface area contributed by atoms with Crippen molar-refractivity contribution >= 4 is 23.4 Å². The Labute approximate surface area is 245 Å². The third-order valence-electron chi connectivity index (χ3n) is 7.77. The lowest BCUT2D eigenvalue weighted by Gasteiger charge is -2.35. The minimum absolute atomic E-state index is 0.322. The first-order chi connectivity index (χ1) is 20.6. The van der Waals surface area contributed by atoms with E-state index in [0.717, 1.165) is 74.2 Å². The number of rotatable bonds is 9. The van der Waals surface area contributed by atoms with Crippen molar-refractivity contribution < 1.29 is 4.74 Å². The van der Waals surface area contributed by atoms with Gasteiger partial charge in [-0.2, -0.15) is 5.10 Å². The fourth-order valence-corrected chi connectivity index (χ4v) is 5.20. The molecule has 0 saturated carbocycles. The van der Waals surface area contributed by atoms with Crippen LogP contribution in [-0.2, 0) is 6.54 Å². The number of nitrogens with zero attached hydrogens (tertiary/aromatic N) is 7. The van der Waals surface area contributed by atoms with Crippen LogP contribution >= 0.6 is 0 Å². The van der Waals surface area contributed by atoms with Gasteiger partial charge in [-0.3, -0.25) is 9.58 Å². The van der Waals surface area contributed by atoms with Crippen LogP contribution in [0, 0.1) is 17.8 Å². The van der Waals surface area contributed by atoms with E-state index in [1.807, 2.05) is 53.9 Å². The maximum atomic E-state index is 7.97. The van der Waals surface area contributed by atoms with Gasteiger partial charge in [0.25, 0.3) is 0 Å². The summed E-state index contributed by atoms with van der Waals surface area (Å²) in [6.07, 6.45) is 16.7. The molecule has 2 fully saturated rings. The van der Waals surface area contributed by atoms with E-state index >= 15 is 0 Å². The van der Waals surface area contributed by atoms with E-state index in [0.29, 0.717) is 29.6 Å². The molecule has 3 aromatic rings. The van der Waals surface area contributed by atoms with Gasteiger partial charge in [-0.05, 0) is 17.7 Å². The van der Waals surface area contributed by atoms with E-state index < -0.39 is 0 Å². The van der Waals surface area contributed by atoms with Crippen molar-refractivity contribution in [3.05, 3.63) is 83.2 Å². The first-order valence-corrected chi connectivity index (χ1v) is 14.1. The molecule has 2 saturated heterocycles. The van der Waals surface area contributed by atoms with Crippen molar-refractivity contribution in [3.63, 3.8) is 0 Å². The summed E-state index contributed by atoms with van der Waals surface area (Å²) in [6.45, 7) is 6.34. The van der Waals surface area contributed by atoms with Crippen molar-refractivity contribution in [1.82, 2.24) is 35.3 Å². The molecule has 3 N–H and O–H groups in total. The Bertz CT molecular complexity index is 1550. The highest BCUT2D eigenvalue weighted by Gasteiger charge is 2.24. The molecule has 3 aromatic heterocycles. The smallest absolute Gasteiger partial charge is 0.212 e. The van der Waals surface area contributed by atoms with Crippen molar-refractivity contribution in [2.75, 3.05) is 51.3 Å². The molecule has 0 spiro atoms. The number of pyridine rings is 2. The third-order valence-corrected chi connectivity index (χ3v) is 7.77. The number of aromatic nitrogens is 4. The second kappa shape index (κ2) is 12.4. The molecule has 214 valence electrons. The molecule has 6 rings (SSSR count). The van der Waals surface area contributed by atoms with E-state index in [1.54, 1.807) is 7.11 Å². The molecule has 0 atom stereocenters. The minimum Gasteiger partial charge on any atom is -0.481 e. The predicted molar refractivity (Wildman–Crippen MR) is 164 cm³/mol. The molecule has 6 heterocycles. The standard InChI is InChI=1S/C31H34N10O/c1-3-4-23(13-32)30-31(38-27(19-36-30)25-16-37-41(21-25)26-17-33-18-26)24-6-7-28(34-15-24)40-11-9-39(10-12-40)20-22-5-8-29(42-2)35-14-22/h1,5-8,13-16,19,21,26,32-33,36H,4,9-12,17-18,20H2,2H3/b30-23-,32-13?. The van der Waals surface area contributed by atoms with Crippen LogP contribution < -0.4 is 20.3 Å². The first kappa shape index (κ1) is 27.4. The van der Waals surface area contributed by atoms with E-state index in [4.69, 9.17) is 26.5 Å². The number of allylic oxidation sites excluding steroid dienone is 2. The second-order valence-electron chi connectivity index (χ2n) is 10.5. The highest BCUT2D eigenvalue weighted by Crippen LogP contribution is 2.26. The number of hydrogen-bond acceptors (Lipinski definition) is 10. The maximum absolute atomic E-state index is 7.97. The van der Waals surface area contributed by atoms with Crippen LogP contribution in [0.15, 0.2) is 71.5 Å². The quantitative estimate of drug-likeness (QED) is 0.269. The van der Waals surface area contributed by atoms with Gasteiger partial charge in [0, 0.05) is 106 Å². The zero-order chi connectivity index (χ0) is 28.9. The largest absolute Gasteiger partial charge is 0.481 e. The van der Waals surface area contributed by atoms with Crippen LogP contribution in [0.3, 0.4) is 0 Å². The zero-order valence-corrected chi connectivity index (χ0v) is 23.6. The lowest BCUT2D eigenvalue weighted by molar-refractivity contribution is 0.249. The van der Waals surface area contributed by atoms with E-state index in [1.165, 1.54) is 11.8 Å². The fourth-order valence-electron chi connectivity index (χ4n) is 5.20. The van der Waals surface area contributed by atoms with Gasteiger partial charge in [0.1, 0.15) is 5.82 Å². The highest BCUT2D eigenvalue weighted by atomic mass is 16.5. The summed E-state index contributed by atoms with van der Waals surface area (Å²) in [5.74, 6) is 4.22. The fraction of sp³-hybridized carbons (Fsp3) is 0.323. The zero-order valence-electron chi connectivity index (χ0n) is 23.6. The van der Waals surface area contributed by atoms with Crippen molar-refractivity contribution in [3.8, 4) is 18.2 Å². The van der Waals surface area contributed by atoms with Gasteiger partial charge in [-0.1, -0.05) is 6.07 Å². The number of terminal acetylenes is 1. The van der Waals surface area contributed by atoms with Gasteiger partial charge < -0.3 is 25.7 Å². The monoisotopic (exact) mass is 562 g/mol. The Hall–Kier alpha value is -4.79. The Balaban J connectivity index is 1.18. The summed E-state index contributed by atoms with van der Waals surface area (Å²) in [6, 6.07) is 8.43. The molecule has 0 unspecified atom stereocenters. The van der Waals surface area contributed by atoms with Crippen LogP contribution in [0.25, 0.3) is 5.70 Å². The maximum Gasteiger partial charge on any atom is 0.212 e. The number of piperazine rings is 1. The first-order valence-electron chi connectivity index (χ1n) is 14.1. The lowest BCUT2D eigenvalue weighted by atomic mass is 10.0. The number of anilines is 1. The summed E-state index contributed by atoms with van der Waals surface area (Å²) in [5, 5.41) is 19.2. The van der Waals surface area contributed by atoms with E-state index in [2.05, 4.69) is 42.5 Å². The van der Waals surface area contributed by atoms with E-state index in [-0.39, 0.29) is 0 Å². The molecule has 0 bridgehead atoms. The normalized spacial score (nSPS) is 18.7. The average molecular weight is 563 g/mol. The predicted octanol–water partition coefficient (Wildman–Crippen LogP) is 2.47. The Morgan fingerprint density at radius 1 is 1.10 bits per heavy atom. The third kappa shape index (κ3) is 5.81. The number of ether oxygens (including phenoxy) is 1. The Morgan fingerprint density at radius 3 is 2.60 bits per heavy atom. The van der Waals surface area contributed by atoms with E-state index in [9.17, 15) is 0 Å². The molecular formula is C31H34N10O. The van der Waals surface area contributed by atoms with Crippen LogP contribution in [-0.4, -0.2) is 83.0 Å². The summed E-state index contributed by atoms with van der Waals surface area (Å²) < 4.78 is 7.15. The van der Waals surface area contributed by atoms with Crippen molar-refractivity contribution in [2.45, 2.75) is 19.0 Å². The van der Waals surface area contributed by atoms with Gasteiger partial charge in [-0.25, -0.2) is 15.0 Å². The van der Waals surface area contributed by atoms with Crippen LogP contribution in [0.4, 0.5) is 5.82 Å². The van der Waals surface area contributed by atoms with Crippen LogP contribution in [0.5, 0.6) is 5.88 Å².